The van der Waals surface area contributed by atoms with Crippen molar-refractivity contribution in [2.75, 3.05) is 4.90 Å². The fraction of sp³-hybridized carbons (Fsp3) is 0.0870. The first-order valence-electron chi connectivity index (χ1n) is 9.82. The van der Waals surface area contributed by atoms with E-state index in [9.17, 15) is 13.3 Å². The number of anilines is 2. The number of aromatic nitrogens is 1. The van der Waals surface area contributed by atoms with Crippen molar-refractivity contribution in [3.63, 3.8) is 0 Å². The summed E-state index contributed by atoms with van der Waals surface area (Å²) < 4.78 is 39.2. The maximum atomic E-state index is 14.0. The summed E-state index contributed by atoms with van der Waals surface area (Å²) in [4.78, 5) is 24.6. The Balaban J connectivity index is 1.69. The molecular formula is C23H17Cl2F2N2O3PS. The number of benzene rings is 3. The van der Waals surface area contributed by atoms with E-state index in [1.54, 1.807) is 18.2 Å². The highest BCUT2D eigenvalue weighted by Gasteiger charge is 2.50. The summed E-state index contributed by atoms with van der Waals surface area (Å²) in [5.74, 6) is 0. The third kappa shape index (κ3) is 5.18. The number of halogens is 4. The van der Waals surface area contributed by atoms with Crippen LogP contribution in [0.5, 0.6) is 0 Å². The molecule has 2 N–H and O–H groups in total. The molecule has 1 heterocycles. The largest absolute Gasteiger partial charge is 0.399 e. The van der Waals surface area contributed by atoms with E-state index in [1.807, 2.05) is 40.6 Å². The van der Waals surface area contributed by atoms with Crippen molar-refractivity contribution < 1.29 is 23.1 Å². The van der Waals surface area contributed by atoms with Gasteiger partial charge >= 0.3 is 13.3 Å². The summed E-state index contributed by atoms with van der Waals surface area (Å²) in [7, 11) is -5.64. The van der Waals surface area contributed by atoms with Gasteiger partial charge in [0.25, 0.3) is 0 Å². The lowest BCUT2D eigenvalue weighted by atomic mass is 10.1. The Labute approximate surface area is 208 Å². The third-order valence-electron chi connectivity index (χ3n) is 5.02. The van der Waals surface area contributed by atoms with Gasteiger partial charge in [-0.25, -0.2) is 4.98 Å². The van der Waals surface area contributed by atoms with E-state index in [0.717, 1.165) is 23.4 Å². The minimum atomic E-state index is -5.64. The highest BCUT2D eigenvalue weighted by molar-refractivity contribution is 7.52. The van der Waals surface area contributed by atoms with Crippen LogP contribution in [0.4, 0.5) is 19.6 Å². The van der Waals surface area contributed by atoms with Crippen LogP contribution in [0.15, 0.2) is 78.2 Å². The number of alkyl halides is 2. The molecule has 34 heavy (non-hydrogen) atoms. The lowest BCUT2D eigenvalue weighted by Crippen LogP contribution is -2.17. The van der Waals surface area contributed by atoms with Crippen molar-refractivity contribution in [3.05, 3.63) is 99.3 Å². The van der Waals surface area contributed by atoms with Crippen molar-refractivity contribution >= 4 is 53.0 Å². The molecule has 0 amide bonds. The fourth-order valence-corrected chi connectivity index (χ4v) is 4.85. The molecule has 0 spiro atoms. The summed E-state index contributed by atoms with van der Waals surface area (Å²) in [5.41, 5.74) is -1.99. The molecule has 176 valence electrons. The molecule has 11 heteroatoms. The SMILES string of the molecule is O=P(O)(O)C(F)(F)c1ccc(CN(c2ccc(Cl)c(Cl)c2)c2nc(-c3ccccc3)cs2)cc1. The van der Waals surface area contributed by atoms with E-state index < -0.39 is 18.8 Å². The zero-order valence-electron chi connectivity index (χ0n) is 17.3. The Morgan fingerprint density at radius 2 is 1.65 bits per heavy atom. The van der Waals surface area contributed by atoms with E-state index in [2.05, 4.69) is 0 Å². The number of hydrogen-bond donors (Lipinski definition) is 2. The van der Waals surface area contributed by atoms with Gasteiger partial charge in [0, 0.05) is 22.2 Å². The molecule has 0 aliphatic rings. The van der Waals surface area contributed by atoms with Gasteiger partial charge in [0.05, 0.1) is 22.3 Å². The Bertz CT molecular complexity index is 1350. The molecule has 0 aliphatic heterocycles. The van der Waals surface area contributed by atoms with Gasteiger partial charge in [-0.05, 0) is 23.8 Å². The predicted molar refractivity (Wildman–Crippen MR) is 132 cm³/mol. The highest BCUT2D eigenvalue weighted by Crippen LogP contribution is 2.59. The summed E-state index contributed by atoms with van der Waals surface area (Å²) in [5, 5.41) is 3.29. The van der Waals surface area contributed by atoms with Gasteiger partial charge < -0.3 is 14.7 Å². The standard InChI is InChI=1S/C23H17Cl2F2N2O3PS/c24-19-11-10-18(12-20(19)25)29(22-28-21(14-34-22)16-4-2-1-3-5-16)13-15-6-8-17(9-7-15)23(26,27)33(30,31)32/h1-12,14H,13H2,(H2,30,31,32). The normalized spacial score (nSPS) is 12.1. The quantitative estimate of drug-likeness (QED) is 0.235. The molecule has 4 rings (SSSR count). The van der Waals surface area contributed by atoms with Crippen LogP contribution >= 0.6 is 42.1 Å². The summed E-state index contributed by atoms with van der Waals surface area (Å²) in [6.07, 6.45) is 0. The molecule has 0 aliphatic carbocycles. The summed E-state index contributed by atoms with van der Waals surface area (Å²) in [6.45, 7) is 0.238. The van der Waals surface area contributed by atoms with Crippen LogP contribution in [-0.2, 0) is 16.8 Å². The topological polar surface area (TPSA) is 73.7 Å². The molecule has 0 fully saturated rings. The van der Waals surface area contributed by atoms with Gasteiger partial charge in [0.1, 0.15) is 0 Å². The molecule has 5 nitrogen and oxygen atoms in total. The van der Waals surface area contributed by atoms with Gasteiger partial charge in [0.15, 0.2) is 5.13 Å². The molecule has 0 unspecified atom stereocenters. The zero-order valence-corrected chi connectivity index (χ0v) is 20.5. The van der Waals surface area contributed by atoms with Crippen molar-refractivity contribution in [2.24, 2.45) is 0 Å². The lowest BCUT2D eigenvalue weighted by molar-refractivity contribution is 0.0564. The van der Waals surface area contributed by atoms with Crippen molar-refractivity contribution in [2.45, 2.75) is 12.2 Å². The Morgan fingerprint density at radius 1 is 0.971 bits per heavy atom. The van der Waals surface area contributed by atoms with Gasteiger partial charge in [-0.1, -0.05) is 77.8 Å². The van der Waals surface area contributed by atoms with E-state index in [4.69, 9.17) is 38.0 Å². The van der Waals surface area contributed by atoms with Crippen LogP contribution in [0.3, 0.4) is 0 Å². The molecule has 1 aromatic heterocycles. The number of nitrogens with zero attached hydrogens (tertiary/aromatic N) is 2. The molecule has 4 aromatic rings. The second kappa shape index (κ2) is 9.74. The second-order valence-electron chi connectivity index (χ2n) is 7.35. The average Bonchev–Trinajstić information content (AvgIpc) is 3.29. The lowest BCUT2D eigenvalue weighted by Gasteiger charge is -2.23. The van der Waals surface area contributed by atoms with Crippen molar-refractivity contribution in [3.8, 4) is 11.3 Å². The van der Waals surface area contributed by atoms with Crippen LogP contribution in [0.1, 0.15) is 11.1 Å². The Hall–Kier alpha value is -2.32. The van der Waals surface area contributed by atoms with Crippen LogP contribution in [-0.4, -0.2) is 14.8 Å². The molecule has 0 saturated heterocycles. The van der Waals surface area contributed by atoms with Crippen molar-refractivity contribution in [1.82, 2.24) is 4.98 Å². The van der Waals surface area contributed by atoms with Gasteiger partial charge in [-0.15, -0.1) is 11.3 Å². The molecule has 0 atom stereocenters. The number of rotatable bonds is 7. The predicted octanol–water partition coefficient (Wildman–Crippen LogP) is 7.68. The molecule has 3 aromatic carbocycles. The Kier molecular flexibility index (Phi) is 7.10. The van der Waals surface area contributed by atoms with E-state index in [-0.39, 0.29) is 6.54 Å². The maximum Gasteiger partial charge on any atom is 0.399 e. The first kappa shape index (κ1) is 24.8. The van der Waals surface area contributed by atoms with Crippen LogP contribution in [0, 0.1) is 0 Å². The minimum Gasteiger partial charge on any atom is -0.320 e. The average molecular weight is 541 g/mol. The van der Waals surface area contributed by atoms with Gasteiger partial charge in [0.2, 0.25) is 0 Å². The molecule has 0 saturated carbocycles. The smallest absolute Gasteiger partial charge is 0.320 e. The van der Waals surface area contributed by atoms with Gasteiger partial charge in [-0.3, -0.25) is 4.57 Å². The minimum absolute atomic E-state index is 0.238. The van der Waals surface area contributed by atoms with E-state index in [0.29, 0.717) is 26.4 Å². The number of hydrogen-bond acceptors (Lipinski definition) is 4. The monoisotopic (exact) mass is 540 g/mol. The van der Waals surface area contributed by atoms with E-state index >= 15 is 0 Å². The third-order valence-corrected chi connectivity index (χ3v) is 7.61. The van der Waals surface area contributed by atoms with Crippen LogP contribution in [0.2, 0.25) is 10.0 Å². The molecule has 0 bridgehead atoms. The summed E-state index contributed by atoms with van der Waals surface area (Å²) in [6, 6.07) is 19.6. The first-order valence-corrected chi connectivity index (χ1v) is 13.1. The molecule has 0 radical (unpaired) electrons. The Morgan fingerprint density at radius 3 is 2.26 bits per heavy atom. The van der Waals surface area contributed by atoms with Gasteiger partial charge in [-0.2, -0.15) is 8.78 Å². The van der Waals surface area contributed by atoms with Crippen molar-refractivity contribution in [1.29, 1.82) is 0 Å². The summed E-state index contributed by atoms with van der Waals surface area (Å²) >= 11 is 13.7. The van der Waals surface area contributed by atoms with Crippen LogP contribution < -0.4 is 4.90 Å². The highest BCUT2D eigenvalue weighted by atomic mass is 35.5. The van der Waals surface area contributed by atoms with Crippen LogP contribution in [0.25, 0.3) is 11.3 Å². The first-order chi connectivity index (χ1) is 16.1. The number of thiazole rings is 1. The second-order valence-corrected chi connectivity index (χ2v) is 10.6. The maximum absolute atomic E-state index is 14.0. The molecular weight excluding hydrogens is 524 g/mol. The van der Waals surface area contributed by atoms with E-state index in [1.165, 1.54) is 23.5 Å². The fourth-order valence-electron chi connectivity index (χ4n) is 3.21. The zero-order chi connectivity index (χ0) is 24.5.